The summed E-state index contributed by atoms with van der Waals surface area (Å²) in [4.78, 5) is 4.02. The number of anilines is 1. The van der Waals surface area contributed by atoms with Gasteiger partial charge in [-0.25, -0.2) is 0 Å². The number of nitrogens with zero attached hydrogens (tertiary/aromatic N) is 1. The van der Waals surface area contributed by atoms with E-state index in [1.54, 1.807) is 19.5 Å². The summed E-state index contributed by atoms with van der Waals surface area (Å²) in [6.45, 7) is 2.55. The number of benzene rings is 1. The fraction of sp³-hybridized carbons (Fsp3) is 0.267. The van der Waals surface area contributed by atoms with Gasteiger partial charge in [0, 0.05) is 18.9 Å². The molecule has 0 amide bonds. The molecule has 1 atom stereocenters. The van der Waals surface area contributed by atoms with Crippen molar-refractivity contribution in [1.82, 2.24) is 4.98 Å². The molecule has 0 radical (unpaired) electrons. The highest BCUT2D eigenvalue weighted by atomic mass is 16.5. The monoisotopic (exact) mass is 257 g/mol. The van der Waals surface area contributed by atoms with Gasteiger partial charge in [-0.1, -0.05) is 6.07 Å². The summed E-state index contributed by atoms with van der Waals surface area (Å²) in [6.07, 6.45) is 3.54. The molecule has 1 aromatic heterocycles. The number of aryl methyl sites for hydroxylation is 1. The van der Waals surface area contributed by atoms with Gasteiger partial charge in [-0.3, -0.25) is 4.98 Å². The van der Waals surface area contributed by atoms with E-state index < -0.39 is 0 Å². The fourth-order valence-electron chi connectivity index (χ4n) is 2.00. The summed E-state index contributed by atoms with van der Waals surface area (Å²) in [5.74, 6) is 0.818. The third-order valence-corrected chi connectivity index (χ3v) is 3.03. The Balaban J connectivity index is 2.26. The van der Waals surface area contributed by atoms with Crippen molar-refractivity contribution < 1.29 is 4.74 Å². The maximum absolute atomic E-state index is 5.86. The minimum atomic E-state index is 0.0405. The number of methoxy groups -OCH3 is 1. The molecule has 0 saturated carbocycles. The van der Waals surface area contributed by atoms with Gasteiger partial charge < -0.3 is 15.8 Å². The number of pyridine rings is 1. The summed E-state index contributed by atoms with van der Waals surface area (Å²) in [5, 5.41) is 3.43. The van der Waals surface area contributed by atoms with Gasteiger partial charge in [0.25, 0.3) is 0 Å². The Bertz CT molecular complexity index is 528. The van der Waals surface area contributed by atoms with E-state index in [1.807, 2.05) is 24.3 Å². The van der Waals surface area contributed by atoms with Gasteiger partial charge >= 0.3 is 0 Å². The molecule has 0 aliphatic carbocycles. The molecule has 1 aromatic carbocycles. The number of nitrogens with one attached hydrogen (secondary N) is 1. The Morgan fingerprint density at radius 3 is 2.63 bits per heavy atom. The first-order valence-corrected chi connectivity index (χ1v) is 6.25. The third-order valence-electron chi connectivity index (χ3n) is 3.03. The average Bonchev–Trinajstić information content (AvgIpc) is 2.46. The van der Waals surface area contributed by atoms with Crippen molar-refractivity contribution in [3.05, 3.63) is 53.9 Å². The maximum atomic E-state index is 5.86. The van der Waals surface area contributed by atoms with E-state index in [4.69, 9.17) is 10.5 Å². The number of aromatic nitrogens is 1. The van der Waals surface area contributed by atoms with Crippen molar-refractivity contribution in [2.24, 2.45) is 5.73 Å². The molecule has 1 heterocycles. The van der Waals surface area contributed by atoms with Gasteiger partial charge in [0.1, 0.15) is 5.75 Å². The van der Waals surface area contributed by atoms with Gasteiger partial charge in [-0.05, 0) is 42.3 Å². The Hall–Kier alpha value is -2.07. The number of rotatable bonds is 5. The van der Waals surface area contributed by atoms with Gasteiger partial charge in [0.15, 0.2) is 0 Å². The lowest BCUT2D eigenvalue weighted by atomic mass is 10.1. The quantitative estimate of drug-likeness (QED) is 0.864. The molecule has 3 N–H and O–H groups in total. The number of ether oxygens (including phenoxy) is 1. The molecule has 1 unspecified atom stereocenters. The van der Waals surface area contributed by atoms with Crippen molar-refractivity contribution in [2.45, 2.75) is 13.0 Å². The lowest BCUT2D eigenvalue weighted by molar-refractivity contribution is 0.416. The summed E-state index contributed by atoms with van der Waals surface area (Å²) in [6, 6.07) is 10.0. The van der Waals surface area contributed by atoms with Crippen LogP contribution in [0, 0.1) is 6.92 Å². The van der Waals surface area contributed by atoms with E-state index in [1.165, 1.54) is 5.56 Å². The zero-order chi connectivity index (χ0) is 13.7. The highest BCUT2D eigenvalue weighted by Gasteiger charge is 2.12. The standard InChI is InChI=1S/C15H19N3O/c1-11-3-4-15(19-2)13(9-11)18-14(10-16)12-5-7-17-8-6-12/h3-9,14,18H,10,16H2,1-2H3. The molecule has 0 fully saturated rings. The predicted octanol–water partition coefficient (Wildman–Crippen LogP) is 2.51. The van der Waals surface area contributed by atoms with Crippen molar-refractivity contribution in [3.8, 4) is 5.75 Å². The van der Waals surface area contributed by atoms with Crippen LogP contribution in [0.15, 0.2) is 42.7 Å². The van der Waals surface area contributed by atoms with Gasteiger partial charge in [0.05, 0.1) is 18.8 Å². The maximum Gasteiger partial charge on any atom is 0.141 e. The zero-order valence-corrected chi connectivity index (χ0v) is 11.3. The van der Waals surface area contributed by atoms with Crippen LogP contribution in [-0.2, 0) is 0 Å². The van der Waals surface area contributed by atoms with Crippen LogP contribution in [0.3, 0.4) is 0 Å². The minimum Gasteiger partial charge on any atom is -0.495 e. The normalized spacial score (nSPS) is 11.9. The first-order valence-electron chi connectivity index (χ1n) is 6.25. The Morgan fingerprint density at radius 2 is 2.00 bits per heavy atom. The van der Waals surface area contributed by atoms with Crippen molar-refractivity contribution >= 4 is 5.69 Å². The number of nitrogens with two attached hydrogens (primary N) is 1. The third kappa shape index (κ3) is 3.23. The van der Waals surface area contributed by atoms with Crippen LogP contribution in [0.25, 0.3) is 0 Å². The molecule has 100 valence electrons. The average molecular weight is 257 g/mol. The van der Waals surface area contributed by atoms with Crippen LogP contribution >= 0.6 is 0 Å². The summed E-state index contributed by atoms with van der Waals surface area (Å²) < 4.78 is 5.37. The predicted molar refractivity (Wildman–Crippen MR) is 77.4 cm³/mol. The number of hydrogen-bond acceptors (Lipinski definition) is 4. The lowest BCUT2D eigenvalue weighted by Gasteiger charge is -2.20. The van der Waals surface area contributed by atoms with Gasteiger partial charge in [-0.2, -0.15) is 0 Å². The van der Waals surface area contributed by atoms with Crippen LogP contribution in [0.4, 0.5) is 5.69 Å². The van der Waals surface area contributed by atoms with Gasteiger partial charge in [0.2, 0.25) is 0 Å². The minimum absolute atomic E-state index is 0.0405. The molecule has 0 aliphatic heterocycles. The van der Waals surface area contributed by atoms with E-state index in [0.717, 1.165) is 17.0 Å². The molecular weight excluding hydrogens is 238 g/mol. The molecule has 4 nitrogen and oxygen atoms in total. The molecule has 0 spiro atoms. The fourth-order valence-corrected chi connectivity index (χ4v) is 2.00. The summed E-state index contributed by atoms with van der Waals surface area (Å²) in [5.41, 5.74) is 9.10. The Kier molecular flexibility index (Phi) is 4.36. The molecule has 2 rings (SSSR count). The summed E-state index contributed by atoms with van der Waals surface area (Å²) >= 11 is 0. The topological polar surface area (TPSA) is 60.2 Å². The van der Waals surface area contributed by atoms with Crippen LogP contribution in [0.2, 0.25) is 0 Å². The molecule has 0 aliphatic rings. The second-order valence-electron chi connectivity index (χ2n) is 4.42. The Labute approximate surface area is 113 Å². The molecule has 19 heavy (non-hydrogen) atoms. The first-order chi connectivity index (χ1) is 9.24. The van der Waals surface area contributed by atoms with E-state index in [2.05, 4.69) is 23.3 Å². The molecule has 4 heteroatoms. The molecule has 2 aromatic rings. The smallest absolute Gasteiger partial charge is 0.141 e. The van der Waals surface area contributed by atoms with Crippen molar-refractivity contribution in [3.63, 3.8) is 0 Å². The van der Waals surface area contributed by atoms with Crippen molar-refractivity contribution in [1.29, 1.82) is 0 Å². The number of hydrogen-bond donors (Lipinski definition) is 2. The summed E-state index contributed by atoms with van der Waals surface area (Å²) in [7, 11) is 1.67. The van der Waals surface area contributed by atoms with E-state index >= 15 is 0 Å². The van der Waals surface area contributed by atoms with Crippen LogP contribution in [0.1, 0.15) is 17.2 Å². The molecular formula is C15H19N3O. The SMILES string of the molecule is COc1ccc(C)cc1NC(CN)c1ccncc1. The largest absolute Gasteiger partial charge is 0.495 e. The highest BCUT2D eigenvalue weighted by molar-refractivity contribution is 5.59. The van der Waals surface area contributed by atoms with Crippen LogP contribution in [0.5, 0.6) is 5.75 Å². The van der Waals surface area contributed by atoms with Crippen molar-refractivity contribution in [2.75, 3.05) is 19.0 Å². The second kappa shape index (κ2) is 6.20. The van der Waals surface area contributed by atoms with E-state index in [0.29, 0.717) is 6.54 Å². The molecule has 0 saturated heterocycles. The van der Waals surface area contributed by atoms with E-state index in [-0.39, 0.29) is 6.04 Å². The lowest BCUT2D eigenvalue weighted by Crippen LogP contribution is -2.21. The zero-order valence-electron chi connectivity index (χ0n) is 11.3. The van der Waals surface area contributed by atoms with Gasteiger partial charge in [-0.15, -0.1) is 0 Å². The first kappa shape index (κ1) is 13.4. The highest BCUT2D eigenvalue weighted by Crippen LogP contribution is 2.28. The second-order valence-corrected chi connectivity index (χ2v) is 4.42. The van der Waals surface area contributed by atoms with Crippen LogP contribution < -0.4 is 15.8 Å². The van der Waals surface area contributed by atoms with E-state index in [9.17, 15) is 0 Å². The van der Waals surface area contributed by atoms with Crippen LogP contribution in [-0.4, -0.2) is 18.6 Å². The Morgan fingerprint density at radius 1 is 1.26 bits per heavy atom. The molecule has 0 bridgehead atoms.